The average Bonchev–Trinajstić information content (AvgIpc) is 2.94. The molecule has 1 N–H and O–H groups in total. The zero-order chi connectivity index (χ0) is 19.6. The highest BCUT2D eigenvalue weighted by Crippen LogP contribution is 2.48. The van der Waals surface area contributed by atoms with Crippen LogP contribution >= 0.6 is 22.6 Å². The Morgan fingerprint density at radius 1 is 1.00 bits per heavy atom. The van der Waals surface area contributed by atoms with E-state index < -0.39 is 5.97 Å². The van der Waals surface area contributed by atoms with E-state index in [9.17, 15) is 4.79 Å². The van der Waals surface area contributed by atoms with Crippen LogP contribution in [0.2, 0.25) is 0 Å². The Kier molecular flexibility index (Phi) is 4.18. The van der Waals surface area contributed by atoms with E-state index in [0.717, 1.165) is 25.9 Å². The van der Waals surface area contributed by atoms with Gasteiger partial charge < -0.3 is 9.52 Å². The van der Waals surface area contributed by atoms with Gasteiger partial charge in [0.15, 0.2) is 0 Å². The van der Waals surface area contributed by atoms with Crippen LogP contribution in [0.5, 0.6) is 0 Å². The number of carboxylic acids is 1. The maximum Gasteiger partial charge on any atom is 0.335 e. The van der Waals surface area contributed by atoms with E-state index >= 15 is 0 Å². The Labute approximate surface area is 172 Å². The van der Waals surface area contributed by atoms with Gasteiger partial charge in [-0.05, 0) is 81.7 Å². The largest absolute Gasteiger partial charge is 0.478 e. The lowest BCUT2D eigenvalue weighted by Crippen LogP contribution is -2.33. The number of carboxylic acid groups (broad SMARTS) is 1. The number of hydrogen-bond donors (Lipinski definition) is 1. The number of hydrogen-bond acceptors (Lipinski definition) is 2. The summed E-state index contributed by atoms with van der Waals surface area (Å²) in [5, 5.41) is 10.2. The van der Waals surface area contributed by atoms with Crippen molar-refractivity contribution in [2.75, 3.05) is 0 Å². The van der Waals surface area contributed by atoms with Crippen molar-refractivity contribution in [1.29, 1.82) is 0 Å². The maximum atomic E-state index is 11.1. The SMILES string of the molecule is CC1(C)CCC(C)(C)c2cc3c(I)c(-c4ccc(C(=O)O)cc4)oc3cc21. The Hall–Kier alpha value is -1.82. The first-order valence-electron chi connectivity index (χ1n) is 9.21. The quantitative estimate of drug-likeness (QED) is 0.418. The second-order valence-corrected chi connectivity index (χ2v) is 9.87. The van der Waals surface area contributed by atoms with Gasteiger partial charge in [0, 0.05) is 10.9 Å². The lowest BCUT2D eigenvalue weighted by Gasteiger charge is -2.41. The fraction of sp³-hybridized carbons (Fsp3) is 0.348. The van der Waals surface area contributed by atoms with Crippen molar-refractivity contribution in [2.24, 2.45) is 0 Å². The molecule has 0 spiro atoms. The van der Waals surface area contributed by atoms with Gasteiger partial charge in [0.25, 0.3) is 0 Å². The summed E-state index contributed by atoms with van der Waals surface area (Å²) in [5.41, 5.74) is 5.17. The molecule has 1 aliphatic carbocycles. The van der Waals surface area contributed by atoms with Gasteiger partial charge in [-0.1, -0.05) is 39.8 Å². The molecular weight excluding hydrogens is 451 g/mol. The molecule has 0 unspecified atom stereocenters. The van der Waals surface area contributed by atoms with Gasteiger partial charge in [-0.15, -0.1) is 0 Å². The normalized spacial score (nSPS) is 17.7. The van der Waals surface area contributed by atoms with Gasteiger partial charge in [0.05, 0.1) is 9.13 Å². The highest BCUT2D eigenvalue weighted by molar-refractivity contribution is 14.1. The number of rotatable bonds is 2. The van der Waals surface area contributed by atoms with Gasteiger partial charge >= 0.3 is 5.97 Å². The number of benzene rings is 2. The molecule has 0 radical (unpaired) electrons. The van der Waals surface area contributed by atoms with E-state index in [1.165, 1.54) is 24.0 Å². The monoisotopic (exact) mass is 474 g/mol. The van der Waals surface area contributed by atoms with Crippen molar-refractivity contribution in [3.63, 3.8) is 0 Å². The van der Waals surface area contributed by atoms with E-state index in [2.05, 4.69) is 62.4 Å². The minimum atomic E-state index is -0.919. The third-order valence-corrected chi connectivity index (χ3v) is 7.07. The molecule has 1 heterocycles. The van der Waals surface area contributed by atoms with Crippen molar-refractivity contribution in [3.8, 4) is 11.3 Å². The maximum absolute atomic E-state index is 11.1. The Bertz CT molecular complexity index is 1060. The summed E-state index contributed by atoms with van der Waals surface area (Å²) in [6, 6.07) is 11.4. The van der Waals surface area contributed by atoms with Gasteiger partial charge in [0.1, 0.15) is 11.3 Å². The lowest BCUT2D eigenvalue weighted by atomic mass is 9.63. The van der Waals surface area contributed by atoms with Crippen LogP contribution in [0, 0.1) is 3.57 Å². The summed E-state index contributed by atoms with van der Waals surface area (Å²) in [5.74, 6) is -0.113. The minimum Gasteiger partial charge on any atom is -0.478 e. The molecule has 0 aliphatic heterocycles. The van der Waals surface area contributed by atoms with Crippen LogP contribution < -0.4 is 0 Å². The first-order valence-corrected chi connectivity index (χ1v) is 10.3. The second-order valence-electron chi connectivity index (χ2n) is 8.79. The zero-order valence-electron chi connectivity index (χ0n) is 16.0. The molecular formula is C23H23IO3. The van der Waals surface area contributed by atoms with Crippen LogP contribution in [-0.2, 0) is 10.8 Å². The molecule has 1 aromatic heterocycles. The summed E-state index contributed by atoms with van der Waals surface area (Å²) in [6.45, 7) is 9.27. The van der Waals surface area contributed by atoms with E-state index in [1.807, 2.05) is 12.1 Å². The third kappa shape index (κ3) is 2.98. The fourth-order valence-corrected chi connectivity index (χ4v) is 4.92. The molecule has 3 aromatic rings. The highest BCUT2D eigenvalue weighted by atomic mass is 127. The van der Waals surface area contributed by atoms with Crippen LogP contribution in [-0.4, -0.2) is 11.1 Å². The molecule has 0 saturated carbocycles. The average molecular weight is 474 g/mol. The molecule has 0 amide bonds. The standard InChI is InChI=1S/C23H23IO3/c1-22(2)9-10-23(3,4)17-12-18-15(11-16(17)22)19(24)20(27-18)13-5-7-14(8-6-13)21(25)26/h5-8,11-12H,9-10H2,1-4H3,(H,25,26). The number of fused-ring (bicyclic) bond motifs is 2. The molecule has 140 valence electrons. The van der Waals surface area contributed by atoms with Gasteiger partial charge in [-0.2, -0.15) is 0 Å². The minimum absolute atomic E-state index is 0.139. The number of carbonyl (C=O) groups is 1. The van der Waals surface area contributed by atoms with Crippen LogP contribution in [0.15, 0.2) is 40.8 Å². The Balaban J connectivity index is 1.91. The lowest BCUT2D eigenvalue weighted by molar-refractivity contribution is 0.0697. The first-order chi connectivity index (χ1) is 12.6. The van der Waals surface area contributed by atoms with Crippen molar-refractivity contribution in [2.45, 2.75) is 51.4 Å². The van der Waals surface area contributed by atoms with E-state index in [4.69, 9.17) is 9.52 Å². The number of aromatic carboxylic acids is 1. The molecule has 0 saturated heterocycles. The van der Waals surface area contributed by atoms with Gasteiger partial charge in [-0.3, -0.25) is 0 Å². The van der Waals surface area contributed by atoms with Crippen LogP contribution in [0.25, 0.3) is 22.3 Å². The van der Waals surface area contributed by atoms with Crippen LogP contribution in [0.4, 0.5) is 0 Å². The topological polar surface area (TPSA) is 50.4 Å². The first kappa shape index (κ1) is 18.5. The molecule has 4 rings (SSSR count). The van der Waals surface area contributed by atoms with Crippen molar-refractivity contribution in [3.05, 3.63) is 56.7 Å². The summed E-state index contributed by atoms with van der Waals surface area (Å²) >= 11 is 2.34. The summed E-state index contributed by atoms with van der Waals surface area (Å²) < 4.78 is 7.33. The second kappa shape index (κ2) is 6.09. The van der Waals surface area contributed by atoms with Crippen molar-refractivity contribution in [1.82, 2.24) is 0 Å². The number of halogens is 1. The van der Waals surface area contributed by atoms with E-state index in [0.29, 0.717) is 0 Å². The van der Waals surface area contributed by atoms with Crippen LogP contribution in [0.3, 0.4) is 0 Å². The highest BCUT2D eigenvalue weighted by Gasteiger charge is 2.37. The molecule has 2 aromatic carbocycles. The zero-order valence-corrected chi connectivity index (χ0v) is 18.2. The van der Waals surface area contributed by atoms with Gasteiger partial charge in [0.2, 0.25) is 0 Å². The summed E-state index contributed by atoms with van der Waals surface area (Å²) in [6.07, 6.45) is 2.34. The molecule has 27 heavy (non-hydrogen) atoms. The summed E-state index contributed by atoms with van der Waals surface area (Å²) in [7, 11) is 0. The summed E-state index contributed by atoms with van der Waals surface area (Å²) in [4.78, 5) is 11.1. The molecule has 0 bridgehead atoms. The number of furan rings is 1. The van der Waals surface area contributed by atoms with E-state index in [1.54, 1.807) is 12.1 Å². The van der Waals surface area contributed by atoms with Crippen molar-refractivity contribution < 1.29 is 14.3 Å². The molecule has 3 nitrogen and oxygen atoms in total. The Morgan fingerprint density at radius 2 is 1.56 bits per heavy atom. The Morgan fingerprint density at radius 3 is 2.11 bits per heavy atom. The molecule has 4 heteroatoms. The third-order valence-electron chi connectivity index (χ3n) is 5.99. The predicted molar refractivity (Wildman–Crippen MR) is 117 cm³/mol. The molecule has 1 aliphatic rings. The molecule has 0 atom stereocenters. The predicted octanol–water partition coefficient (Wildman–Crippen LogP) is 6.75. The fourth-order valence-electron chi connectivity index (χ4n) is 4.08. The van der Waals surface area contributed by atoms with Gasteiger partial charge in [-0.25, -0.2) is 4.79 Å². The molecule has 0 fully saturated rings. The van der Waals surface area contributed by atoms with E-state index in [-0.39, 0.29) is 16.4 Å². The smallest absolute Gasteiger partial charge is 0.335 e. The van der Waals surface area contributed by atoms with Crippen LogP contribution in [0.1, 0.15) is 62.0 Å². The van der Waals surface area contributed by atoms with Crippen molar-refractivity contribution >= 4 is 39.5 Å².